The van der Waals surface area contributed by atoms with Crippen LogP contribution in [0.4, 0.5) is 9.59 Å². The van der Waals surface area contributed by atoms with Crippen LogP contribution in [-0.2, 0) is 11.3 Å². The number of carbonyl (C=O) groups excluding carboxylic acids is 3. The number of carbonyl (C=O) groups is 3. The predicted molar refractivity (Wildman–Crippen MR) is 95.2 cm³/mol. The first kappa shape index (κ1) is 20.4. The molecule has 0 unspecified atom stereocenters. The number of nitrogens with one attached hydrogen (secondary N) is 4. The van der Waals surface area contributed by atoms with Crippen molar-refractivity contribution in [2.45, 2.75) is 40.3 Å². The molecule has 0 saturated heterocycles. The zero-order valence-corrected chi connectivity index (χ0v) is 15.1. The minimum absolute atomic E-state index is 0.0342. The summed E-state index contributed by atoms with van der Waals surface area (Å²) in [4.78, 5) is 35.4. The van der Waals surface area contributed by atoms with E-state index < -0.39 is 12.1 Å². The number of hydrazine groups is 2. The van der Waals surface area contributed by atoms with Crippen LogP contribution in [0.2, 0.25) is 0 Å². The number of urea groups is 2. The molecule has 8 nitrogen and oxygen atoms in total. The van der Waals surface area contributed by atoms with Gasteiger partial charge in [0.25, 0.3) is 0 Å². The molecule has 0 aliphatic carbocycles. The highest BCUT2D eigenvalue weighted by atomic mass is 16.2. The van der Waals surface area contributed by atoms with E-state index in [2.05, 4.69) is 21.6 Å². The van der Waals surface area contributed by atoms with Crippen LogP contribution in [0.25, 0.3) is 0 Å². The molecule has 0 saturated carbocycles. The van der Waals surface area contributed by atoms with E-state index in [1.807, 2.05) is 44.2 Å². The second-order valence-electron chi connectivity index (χ2n) is 6.21. The van der Waals surface area contributed by atoms with Crippen molar-refractivity contribution in [3.8, 4) is 0 Å². The molecule has 0 aromatic heterocycles. The first-order valence-electron chi connectivity index (χ1n) is 8.23. The molecule has 0 radical (unpaired) electrons. The molecule has 25 heavy (non-hydrogen) atoms. The quantitative estimate of drug-likeness (QED) is 0.561. The fraction of sp³-hybridized carbons (Fsp3) is 0.471. The maximum atomic E-state index is 12.3. The van der Waals surface area contributed by atoms with E-state index in [0.717, 1.165) is 5.56 Å². The molecule has 0 atom stereocenters. The number of hydrogen-bond donors (Lipinski definition) is 4. The third-order valence-corrected chi connectivity index (χ3v) is 3.19. The highest BCUT2D eigenvalue weighted by molar-refractivity contribution is 5.87. The van der Waals surface area contributed by atoms with Crippen molar-refractivity contribution in [2.75, 3.05) is 6.54 Å². The van der Waals surface area contributed by atoms with Crippen LogP contribution in [0, 0.1) is 5.92 Å². The summed E-state index contributed by atoms with van der Waals surface area (Å²) in [5.74, 6) is -0.250. The molecule has 8 heteroatoms. The minimum atomic E-state index is -0.647. The van der Waals surface area contributed by atoms with Crippen LogP contribution in [0.15, 0.2) is 30.3 Å². The Bertz CT molecular complexity index is 575. The predicted octanol–water partition coefficient (Wildman–Crippen LogP) is 1.55. The summed E-state index contributed by atoms with van der Waals surface area (Å²) in [5.41, 5.74) is 8.50. The van der Waals surface area contributed by atoms with Gasteiger partial charge in [0.05, 0.1) is 13.1 Å². The van der Waals surface area contributed by atoms with Gasteiger partial charge in [0.2, 0.25) is 0 Å². The number of rotatable bonds is 7. The summed E-state index contributed by atoms with van der Waals surface area (Å²) in [6, 6.07) is 8.35. The van der Waals surface area contributed by atoms with Gasteiger partial charge in [-0.3, -0.25) is 9.80 Å². The van der Waals surface area contributed by atoms with Crippen molar-refractivity contribution in [3.05, 3.63) is 35.9 Å². The fourth-order valence-electron chi connectivity index (χ4n) is 1.85. The standard InChI is InChI=1S/C17H27N5O3/c1-12(2)15(23)10-18-16(24)19-20-17(25)22(21-13(3)4)11-14-8-6-5-7-9-14/h5-9,12-13,21H,10-11H2,1-4H3,(H,20,25)(H2,18,19,24). The maximum absolute atomic E-state index is 12.3. The Balaban J connectivity index is 2.51. The van der Waals surface area contributed by atoms with E-state index in [0.29, 0.717) is 6.54 Å². The summed E-state index contributed by atoms with van der Waals surface area (Å²) in [6.07, 6.45) is 0. The number of amides is 4. The molecule has 4 amide bonds. The summed E-state index contributed by atoms with van der Waals surface area (Å²) in [7, 11) is 0. The van der Waals surface area contributed by atoms with Gasteiger partial charge in [-0.05, 0) is 19.4 Å². The highest BCUT2D eigenvalue weighted by Gasteiger charge is 2.16. The molecule has 4 N–H and O–H groups in total. The van der Waals surface area contributed by atoms with Gasteiger partial charge >= 0.3 is 12.1 Å². The summed E-state index contributed by atoms with van der Waals surface area (Å²) < 4.78 is 0. The monoisotopic (exact) mass is 349 g/mol. The zero-order chi connectivity index (χ0) is 18.8. The van der Waals surface area contributed by atoms with Crippen molar-refractivity contribution in [2.24, 2.45) is 5.92 Å². The van der Waals surface area contributed by atoms with Crippen molar-refractivity contribution in [3.63, 3.8) is 0 Å². The van der Waals surface area contributed by atoms with Crippen molar-refractivity contribution in [1.29, 1.82) is 0 Å². The second kappa shape index (κ2) is 10.3. The normalized spacial score (nSPS) is 10.5. The Labute approximate surface area is 148 Å². The van der Waals surface area contributed by atoms with Crippen molar-refractivity contribution >= 4 is 17.8 Å². The molecular formula is C17H27N5O3. The molecule has 0 aliphatic heterocycles. The Hall–Kier alpha value is -2.61. The maximum Gasteiger partial charge on any atom is 0.350 e. The van der Waals surface area contributed by atoms with E-state index in [4.69, 9.17) is 0 Å². The third kappa shape index (κ3) is 8.16. The molecule has 1 aromatic rings. The van der Waals surface area contributed by atoms with Gasteiger partial charge in [-0.25, -0.2) is 25.9 Å². The lowest BCUT2D eigenvalue weighted by Crippen LogP contribution is -2.56. The molecule has 1 aromatic carbocycles. The van der Waals surface area contributed by atoms with Crippen LogP contribution in [-0.4, -0.2) is 35.4 Å². The summed E-state index contributed by atoms with van der Waals surface area (Å²) in [5, 5.41) is 3.77. The van der Waals surface area contributed by atoms with E-state index in [9.17, 15) is 14.4 Å². The van der Waals surface area contributed by atoms with Crippen LogP contribution >= 0.6 is 0 Å². The average Bonchev–Trinajstić information content (AvgIpc) is 2.57. The molecule has 0 spiro atoms. The first-order valence-corrected chi connectivity index (χ1v) is 8.23. The molecule has 0 bridgehead atoms. The van der Waals surface area contributed by atoms with E-state index in [1.165, 1.54) is 5.01 Å². The average molecular weight is 349 g/mol. The Kier molecular flexibility index (Phi) is 8.42. The molecule has 0 fully saturated rings. The topological polar surface area (TPSA) is 103 Å². The number of ketones is 1. The summed E-state index contributed by atoms with van der Waals surface area (Å²) >= 11 is 0. The number of Topliss-reactive ketones (excluding diaryl/α,β-unsaturated/α-hetero) is 1. The van der Waals surface area contributed by atoms with E-state index in [1.54, 1.807) is 13.8 Å². The van der Waals surface area contributed by atoms with Crippen LogP contribution in [0.3, 0.4) is 0 Å². The van der Waals surface area contributed by atoms with Crippen LogP contribution in [0.5, 0.6) is 0 Å². The zero-order valence-electron chi connectivity index (χ0n) is 15.1. The number of hydrogen-bond acceptors (Lipinski definition) is 4. The lowest BCUT2D eigenvalue weighted by molar-refractivity contribution is -0.120. The SMILES string of the molecule is CC(C)NN(Cc1ccccc1)C(=O)NNC(=O)NCC(=O)C(C)C. The Morgan fingerprint density at radius 2 is 1.64 bits per heavy atom. The van der Waals surface area contributed by atoms with E-state index >= 15 is 0 Å². The smallest absolute Gasteiger partial charge is 0.330 e. The Morgan fingerprint density at radius 3 is 2.20 bits per heavy atom. The molecule has 1 rings (SSSR count). The molecule has 0 heterocycles. The molecule has 138 valence electrons. The highest BCUT2D eigenvalue weighted by Crippen LogP contribution is 2.03. The largest absolute Gasteiger partial charge is 0.350 e. The van der Waals surface area contributed by atoms with Crippen LogP contribution < -0.4 is 21.6 Å². The van der Waals surface area contributed by atoms with Gasteiger partial charge in [0.15, 0.2) is 5.78 Å². The Morgan fingerprint density at radius 1 is 1.00 bits per heavy atom. The van der Waals surface area contributed by atoms with Crippen molar-refractivity contribution < 1.29 is 14.4 Å². The van der Waals surface area contributed by atoms with Crippen LogP contribution in [0.1, 0.15) is 33.3 Å². The van der Waals surface area contributed by atoms with Gasteiger partial charge < -0.3 is 5.32 Å². The van der Waals surface area contributed by atoms with Crippen molar-refractivity contribution in [1.82, 2.24) is 26.6 Å². The second-order valence-corrected chi connectivity index (χ2v) is 6.21. The van der Waals surface area contributed by atoms with Gasteiger partial charge in [-0.1, -0.05) is 44.2 Å². The van der Waals surface area contributed by atoms with Gasteiger partial charge in [0, 0.05) is 12.0 Å². The van der Waals surface area contributed by atoms with Gasteiger partial charge in [-0.2, -0.15) is 0 Å². The van der Waals surface area contributed by atoms with Gasteiger partial charge in [-0.15, -0.1) is 0 Å². The lowest BCUT2D eigenvalue weighted by Gasteiger charge is -2.26. The van der Waals surface area contributed by atoms with Gasteiger partial charge in [0.1, 0.15) is 0 Å². The first-order chi connectivity index (χ1) is 11.8. The number of nitrogens with zero attached hydrogens (tertiary/aromatic N) is 1. The lowest BCUT2D eigenvalue weighted by atomic mass is 10.1. The fourth-order valence-corrected chi connectivity index (χ4v) is 1.85. The summed E-state index contributed by atoms with van der Waals surface area (Å²) in [6.45, 7) is 7.56. The molecule has 0 aliphatic rings. The minimum Gasteiger partial charge on any atom is -0.330 e. The molecular weight excluding hydrogens is 322 g/mol. The number of benzene rings is 1. The third-order valence-electron chi connectivity index (χ3n) is 3.19. The van der Waals surface area contributed by atoms with E-state index in [-0.39, 0.29) is 24.3 Å².